The minimum atomic E-state index is -0.135. The lowest BCUT2D eigenvalue weighted by Gasteiger charge is -2.04. The van der Waals surface area contributed by atoms with Crippen molar-refractivity contribution in [3.05, 3.63) is 59.4 Å². The number of nitrogens with zero attached hydrogens (tertiary/aromatic N) is 3. The van der Waals surface area contributed by atoms with Gasteiger partial charge >= 0.3 is 0 Å². The Kier molecular flexibility index (Phi) is 3.79. The molecule has 0 radical (unpaired) electrons. The fourth-order valence-corrected chi connectivity index (χ4v) is 2.68. The molecule has 106 valence electrons. The Hall–Kier alpha value is -2.47. The van der Waals surface area contributed by atoms with Gasteiger partial charge in [0.15, 0.2) is 0 Å². The van der Waals surface area contributed by atoms with Gasteiger partial charge in [-0.25, -0.2) is 0 Å². The third-order valence-electron chi connectivity index (χ3n) is 3.09. The first-order valence-electron chi connectivity index (χ1n) is 6.49. The molecule has 0 atom stereocenters. The monoisotopic (exact) mass is 298 g/mol. The van der Waals surface area contributed by atoms with E-state index in [2.05, 4.69) is 15.4 Å². The van der Waals surface area contributed by atoms with Gasteiger partial charge in [-0.05, 0) is 35.2 Å². The number of hydrogen-bond donors (Lipinski definition) is 1. The minimum Gasteiger partial charge on any atom is -0.347 e. The maximum atomic E-state index is 12.2. The zero-order chi connectivity index (χ0) is 14.7. The molecule has 0 bridgehead atoms. The third-order valence-corrected chi connectivity index (χ3v) is 3.98. The molecular weight excluding hydrogens is 284 g/mol. The number of aryl methyl sites for hydroxylation is 1. The number of amides is 1. The average molecular weight is 298 g/mol. The Labute approximate surface area is 126 Å². The highest BCUT2D eigenvalue weighted by molar-refractivity contribution is 7.13. The number of pyridine rings is 1. The van der Waals surface area contributed by atoms with Crippen LogP contribution in [0.3, 0.4) is 0 Å². The van der Waals surface area contributed by atoms with Gasteiger partial charge in [-0.3, -0.25) is 14.5 Å². The lowest BCUT2D eigenvalue weighted by atomic mass is 10.2. The summed E-state index contributed by atoms with van der Waals surface area (Å²) < 4.78 is 1.61. The molecule has 3 aromatic rings. The summed E-state index contributed by atoms with van der Waals surface area (Å²) in [5.41, 5.74) is 2.38. The van der Waals surface area contributed by atoms with E-state index in [-0.39, 0.29) is 5.91 Å². The molecule has 0 aromatic carbocycles. The molecule has 0 saturated carbocycles. The van der Waals surface area contributed by atoms with Crippen LogP contribution in [-0.4, -0.2) is 20.7 Å². The van der Waals surface area contributed by atoms with Crippen molar-refractivity contribution < 1.29 is 4.79 Å². The van der Waals surface area contributed by atoms with E-state index in [9.17, 15) is 4.79 Å². The van der Waals surface area contributed by atoms with Gasteiger partial charge in [0.05, 0.1) is 4.88 Å². The van der Waals surface area contributed by atoms with E-state index in [1.165, 1.54) is 0 Å². The molecule has 3 heterocycles. The number of nitrogens with one attached hydrogen (secondary N) is 1. The summed E-state index contributed by atoms with van der Waals surface area (Å²) in [5, 5.41) is 9.27. The van der Waals surface area contributed by atoms with Crippen LogP contribution in [-0.2, 0) is 13.6 Å². The van der Waals surface area contributed by atoms with Crippen molar-refractivity contribution in [2.24, 2.45) is 7.05 Å². The predicted octanol–water partition coefficient (Wildman–Crippen LogP) is 2.47. The Balaban J connectivity index is 1.73. The molecule has 5 nitrogen and oxygen atoms in total. The highest BCUT2D eigenvalue weighted by Crippen LogP contribution is 2.23. The Morgan fingerprint density at radius 3 is 2.86 bits per heavy atom. The number of rotatable bonds is 4. The average Bonchev–Trinajstić information content (AvgIpc) is 3.15. The standard InChI is InChI=1S/C15H14N4OS/c1-19-13(9-12(18-19)14-3-2-8-21-14)15(20)17-10-11-4-6-16-7-5-11/h2-9H,10H2,1H3,(H,17,20). The molecule has 0 aliphatic carbocycles. The van der Waals surface area contributed by atoms with Crippen molar-refractivity contribution in [2.75, 3.05) is 0 Å². The fourth-order valence-electron chi connectivity index (χ4n) is 2.00. The summed E-state index contributed by atoms with van der Waals surface area (Å²) in [4.78, 5) is 17.2. The molecule has 0 fully saturated rings. The largest absolute Gasteiger partial charge is 0.347 e. The van der Waals surface area contributed by atoms with Gasteiger partial charge < -0.3 is 5.32 Å². The smallest absolute Gasteiger partial charge is 0.269 e. The summed E-state index contributed by atoms with van der Waals surface area (Å²) in [6.45, 7) is 0.473. The molecule has 3 aromatic heterocycles. The predicted molar refractivity (Wildman–Crippen MR) is 81.9 cm³/mol. The van der Waals surface area contributed by atoms with Crippen LogP contribution in [0.4, 0.5) is 0 Å². The van der Waals surface area contributed by atoms with Crippen molar-refractivity contribution in [2.45, 2.75) is 6.54 Å². The van der Waals surface area contributed by atoms with Crippen molar-refractivity contribution in [1.82, 2.24) is 20.1 Å². The molecule has 0 aliphatic rings. The van der Waals surface area contributed by atoms with Gasteiger partial charge in [-0.1, -0.05) is 6.07 Å². The van der Waals surface area contributed by atoms with E-state index in [1.807, 2.05) is 35.7 Å². The summed E-state index contributed by atoms with van der Waals surface area (Å²) in [6, 6.07) is 9.53. The van der Waals surface area contributed by atoms with E-state index in [0.717, 1.165) is 16.1 Å². The second-order valence-electron chi connectivity index (χ2n) is 4.55. The first kappa shape index (κ1) is 13.5. The Morgan fingerprint density at radius 2 is 2.14 bits per heavy atom. The van der Waals surface area contributed by atoms with Crippen LogP contribution in [0.1, 0.15) is 16.1 Å². The van der Waals surface area contributed by atoms with Crippen LogP contribution in [0.2, 0.25) is 0 Å². The second kappa shape index (κ2) is 5.88. The summed E-state index contributed by atoms with van der Waals surface area (Å²) >= 11 is 1.61. The van der Waals surface area contributed by atoms with E-state index < -0.39 is 0 Å². The summed E-state index contributed by atoms with van der Waals surface area (Å²) in [7, 11) is 1.78. The van der Waals surface area contributed by atoms with Gasteiger partial charge in [0.2, 0.25) is 0 Å². The highest BCUT2D eigenvalue weighted by Gasteiger charge is 2.14. The molecule has 6 heteroatoms. The topological polar surface area (TPSA) is 59.8 Å². The number of aromatic nitrogens is 3. The Morgan fingerprint density at radius 1 is 1.33 bits per heavy atom. The maximum absolute atomic E-state index is 12.2. The Bertz CT molecular complexity index is 734. The van der Waals surface area contributed by atoms with E-state index in [4.69, 9.17) is 0 Å². The molecule has 1 N–H and O–H groups in total. The number of carbonyl (C=O) groups excluding carboxylic acids is 1. The lowest BCUT2D eigenvalue weighted by molar-refractivity contribution is 0.0941. The van der Waals surface area contributed by atoms with E-state index >= 15 is 0 Å². The van der Waals surface area contributed by atoms with Gasteiger partial charge in [0, 0.05) is 26.0 Å². The van der Waals surface area contributed by atoms with Crippen LogP contribution >= 0.6 is 11.3 Å². The van der Waals surface area contributed by atoms with E-state index in [0.29, 0.717) is 12.2 Å². The van der Waals surface area contributed by atoms with Crippen LogP contribution < -0.4 is 5.32 Å². The molecular formula is C15H14N4OS. The summed E-state index contributed by atoms with van der Waals surface area (Å²) in [5.74, 6) is -0.135. The first-order valence-corrected chi connectivity index (χ1v) is 7.37. The number of hydrogen-bond acceptors (Lipinski definition) is 4. The number of thiophene rings is 1. The highest BCUT2D eigenvalue weighted by atomic mass is 32.1. The molecule has 0 unspecified atom stereocenters. The quantitative estimate of drug-likeness (QED) is 0.805. The fraction of sp³-hybridized carbons (Fsp3) is 0.133. The van der Waals surface area contributed by atoms with Crippen LogP contribution in [0.25, 0.3) is 10.6 Å². The van der Waals surface area contributed by atoms with Crippen LogP contribution in [0.5, 0.6) is 0 Å². The van der Waals surface area contributed by atoms with Gasteiger partial charge in [-0.15, -0.1) is 11.3 Å². The van der Waals surface area contributed by atoms with Crippen molar-refractivity contribution >= 4 is 17.2 Å². The van der Waals surface area contributed by atoms with Crippen LogP contribution in [0, 0.1) is 0 Å². The SMILES string of the molecule is Cn1nc(-c2cccs2)cc1C(=O)NCc1ccncc1. The van der Waals surface area contributed by atoms with Crippen LogP contribution in [0.15, 0.2) is 48.1 Å². The van der Waals surface area contributed by atoms with Crippen molar-refractivity contribution in [1.29, 1.82) is 0 Å². The minimum absolute atomic E-state index is 0.135. The maximum Gasteiger partial charge on any atom is 0.269 e. The molecule has 1 amide bonds. The molecule has 0 spiro atoms. The third kappa shape index (κ3) is 3.00. The zero-order valence-electron chi connectivity index (χ0n) is 11.5. The first-order chi connectivity index (χ1) is 10.2. The molecule has 0 saturated heterocycles. The van der Waals surface area contributed by atoms with Gasteiger partial charge in [0.1, 0.15) is 11.4 Å². The molecule has 21 heavy (non-hydrogen) atoms. The van der Waals surface area contributed by atoms with Crippen molar-refractivity contribution in [3.8, 4) is 10.6 Å². The second-order valence-corrected chi connectivity index (χ2v) is 5.50. The van der Waals surface area contributed by atoms with Gasteiger partial charge in [-0.2, -0.15) is 5.10 Å². The van der Waals surface area contributed by atoms with E-state index in [1.54, 1.807) is 35.5 Å². The molecule has 3 rings (SSSR count). The number of carbonyl (C=O) groups is 1. The zero-order valence-corrected chi connectivity index (χ0v) is 12.3. The van der Waals surface area contributed by atoms with Crippen molar-refractivity contribution in [3.63, 3.8) is 0 Å². The normalized spacial score (nSPS) is 10.5. The van der Waals surface area contributed by atoms with Gasteiger partial charge in [0.25, 0.3) is 5.91 Å². The summed E-state index contributed by atoms with van der Waals surface area (Å²) in [6.07, 6.45) is 3.42. The lowest BCUT2D eigenvalue weighted by Crippen LogP contribution is -2.25. The molecule has 0 aliphatic heterocycles.